The molecule has 1 saturated carbocycles. The van der Waals surface area contributed by atoms with E-state index in [0.29, 0.717) is 6.04 Å². The number of nitrogens with zero attached hydrogens (tertiary/aromatic N) is 1. The van der Waals surface area contributed by atoms with Gasteiger partial charge in [-0.3, -0.25) is 4.90 Å². The molecule has 0 spiro atoms. The highest BCUT2D eigenvalue weighted by Crippen LogP contribution is 2.23. The fourth-order valence-electron chi connectivity index (χ4n) is 1.99. The van der Waals surface area contributed by atoms with Crippen molar-refractivity contribution in [1.82, 2.24) is 4.90 Å². The molecule has 2 nitrogen and oxygen atoms in total. The molecule has 1 N–H and O–H groups in total. The van der Waals surface area contributed by atoms with Gasteiger partial charge in [-0.25, -0.2) is 0 Å². The summed E-state index contributed by atoms with van der Waals surface area (Å²) in [6, 6.07) is 0.322. The molecule has 1 fully saturated rings. The van der Waals surface area contributed by atoms with Crippen molar-refractivity contribution in [2.24, 2.45) is 0 Å². The molecule has 13 heavy (non-hydrogen) atoms. The van der Waals surface area contributed by atoms with E-state index in [1.807, 2.05) is 7.05 Å². The molecule has 0 amide bonds. The van der Waals surface area contributed by atoms with Gasteiger partial charge in [-0.1, -0.05) is 35.4 Å². The summed E-state index contributed by atoms with van der Waals surface area (Å²) < 4.78 is 0.979. The minimum absolute atomic E-state index is 0.148. The molecule has 1 rings (SSSR count). The third-order valence-corrected chi connectivity index (χ3v) is 2.93. The number of aliphatic hydroxyl groups excluding tert-OH is 1. The van der Waals surface area contributed by atoms with Crippen LogP contribution in [0.1, 0.15) is 25.7 Å². The van der Waals surface area contributed by atoms with E-state index in [1.54, 1.807) is 0 Å². The summed E-state index contributed by atoms with van der Waals surface area (Å²) in [5.41, 5.74) is 0. The van der Waals surface area contributed by atoms with Gasteiger partial charge in [0.15, 0.2) is 0 Å². The van der Waals surface area contributed by atoms with Crippen LogP contribution in [-0.2, 0) is 0 Å². The van der Waals surface area contributed by atoms with Crippen molar-refractivity contribution in [1.29, 1.82) is 0 Å². The average molecular weight is 248 g/mol. The molecule has 0 aliphatic heterocycles. The second-order valence-electron chi connectivity index (χ2n) is 3.85. The zero-order valence-electron chi connectivity index (χ0n) is 8.17. The number of hydrogen-bond acceptors (Lipinski definition) is 2. The van der Waals surface area contributed by atoms with E-state index in [9.17, 15) is 5.11 Å². The van der Waals surface area contributed by atoms with Gasteiger partial charge in [0.25, 0.3) is 0 Å². The second-order valence-corrected chi connectivity index (χ2v) is 4.97. The summed E-state index contributed by atoms with van der Waals surface area (Å²) in [6.45, 7) is 4.63. The lowest BCUT2D eigenvalue weighted by Crippen LogP contribution is -2.43. The molecule has 2 atom stereocenters. The maximum Gasteiger partial charge on any atom is 0.0695 e. The summed E-state index contributed by atoms with van der Waals surface area (Å²) in [7, 11) is 2.05. The molecule has 0 heterocycles. The van der Waals surface area contributed by atoms with E-state index in [4.69, 9.17) is 0 Å². The molecule has 0 aromatic carbocycles. The summed E-state index contributed by atoms with van der Waals surface area (Å²) in [5, 5.41) is 9.77. The van der Waals surface area contributed by atoms with Crippen LogP contribution in [0.4, 0.5) is 0 Å². The van der Waals surface area contributed by atoms with Crippen LogP contribution in [0.2, 0.25) is 0 Å². The van der Waals surface area contributed by atoms with E-state index in [2.05, 4.69) is 27.4 Å². The van der Waals surface area contributed by atoms with Crippen molar-refractivity contribution >= 4 is 15.9 Å². The second kappa shape index (κ2) is 5.13. The van der Waals surface area contributed by atoms with E-state index >= 15 is 0 Å². The summed E-state index contributed by atoms with van der Waals surface area (Å²) in [6.07, 6.45) is 4.31. The van der Waals surface area contributed by atoms with Crippen molar-refractivity contribution in [2.45, 2.75) is 37.8 Å². The van der Waals surface area contributed by atoms with Crippen LogP contribution in [-0.4, -0.2) is 35.7 Å². The first kappa shape index (κ1) is 11.2. The molecule has 76 valence electrons. The predicted octanol–water partition coefficient (Wildman–Crippen LogP) is 2.13. The van der Waals surface area contributed by atoms with E-state index < -0.39 is 0 Å². The molecule has 0 saturated heterocycles. The monoisotopic (exact) mass is 247 g/mol. The lowest BCUT2D eigenvalue weighted by atomic mass is 9.92. The Kier molecular flexibility index (Phi) is 4.42. The maximum atomic E-state index is 9.77. The highest BCUT2D eigenvalue weighted by atomic mass is 79.9. The Bertz CT molecular complexity index is 184. The van der Waals surface area contributed by atoms with Gasteiger partial charge in [0.2, 0.25) is 0 Å². The molecule has 1 aliphatic rings. The van der Waals surface area contributed by atoms with Crippen molar-refractivity contribution in [3.63, 3.8) is 0 Å². The largest absolute Gasteiger partial charge is 0.391 e. The molecular weight excluding hydrogens is 230 g/mol. The third kappa shape index (κ3) is 3.41. The zero-order chi connectivity index (χ0) is 9.84. The summed E-state index contributed by atoms with van der Waals surface area (Å²) in [4.78, 5) is 2.18. The number of hydrogen-bond donors (Lipinski definition) is 1. The number of aliphatic hydroxyl groups is 1. The minimum atomic E-state index is -0.148. The Morgan fingerprint density at radius 1 is 1.54 bits per heavy atom. The fraction of sp³-hybridized carbons (Fsp3) is 0.800. The van der Waals surface area contributed by atoms with Crippen LogP contribution in [0.3, 0.4) is 0 Å². The van der Waals surface area contributed by atoms with Crippen LogP contribution in [0, 0.1) is 0 Å². The lowest BCUT2D eigenvalue weighted by Gasteiger charge is -2.35. The number of rotatable bonds is 3. The molecule has 0 aromatic rings. The maximum absolute atomic E-state index is 9.77. The molecule has 1 aliphatic carbocycles. The van der Waals surface area contributed by atoms with Crippen LogP contribution in [0.5, 0.6) is 0 Å². The van der Waals surface area contributed by atoms with Gasteiger partial charge in [-0.15, -0.1) is 0 Å². The zero-order valence-corrected chi connectivity index (χ0v) is 9.76. The van der Waals surface area contributed by atoms with Gasteiger partial charge in [-0.05, 0) is 19.9 Å². The van der Waals surface area contributed by atoms with Gasteiger partial charge >= 0.3 is 0 Å². The quantitative estimate of drug-likeness (QED) is 0.827. The van der Waals surface area contributed by atoms with E-state index in [0.717, 1.165) is 23.9 Å². The summed E-state index contributed by atoms with van der Waals surface area (Å²) in [5.74, 6) is 0. The fourth-order valence-corrected chi connectivity index (χ4v) is 2.39. The van der Waals surface area contributed by atoms with Gasteiger partial charge in [0.1, 0.15) is 0 Å². The third-order valence-electron chi connectivity index (χ3n) is 2.68. The molecular formula is C10H18BrNO. The normalized spacial score (nSPS) is 29.2. The van der Waals surface area contributed by atoms with E-state index in [1.165, 1.54) is 12.8 Å². The topological polar surface area (TPSA) is 23.5 Å². The van der Waals surface area contributed by atoms with Crippen molar-refractivity contribution in [3.8, 4) is 0 Å². The van der Waals surface area contributed by atoms with Crippen LogP contribution in [0.15, 0.2) is 11.1 Å². The highest BCUT2D eigenvalue weighted by Gasteiger charge is 2.26. The summed E-state index contributed by atoms with van der Waals surface area (Å²) >= 11 is 3.34. The van der Waals surface area contributed by atoms with Gasteiger partial charge < -0.3 is 5.11 Å². The van der Waals surface area contributed by atoms with Gasteiger partial charge in [0, 0.05) is 17.1 Å². The van der Waals surface area contributed by atoms with E-state index in [-0.39, 0.29) is 6.10 Å². The Balaban J connectivity index is 2.43. The van der Waals surface area contributed by atoms with Gasteiger partial charge in [0.05, 0.1) is 6.10 Å². The Labute approximate surface area is 88.7 Å². The average Bonchev–Trinajstić information content (AvgIpc) is 2.03. The first-order chi connectivity index (χ1) is 6.11. The Hall–Kier alpha value is 0.140. The predicted molar refractivity (Wildman–Crippen MR) is 59.0 cm³/mol. The molecule has 0 radical (unpaired) electrons. The van der Waals surface area contributed by atoms with Gasteiger partial charge in [-0.2, -0.15) is 0 Å². The van der Waals surface area contributed by atoms with Crippen LogP contribution >= 0.6 is 15.9 Å². The minimum Gasteiger partial charge on any atom is -0.391 e. The SMILES string of the molecule is C=C(Br)CN(C)C1CCCCC1O. The number of likely N-dealkylation sites (N-methyl/N-ethyl adjacent to an activating group) is 1. The smallest absolute Gasteiger partial charge is 0.0695 e. The molecule has 0 aromatic heterocycles. The number of halogens is 1. The highest BCUT2D eigenvalue weighted by molar-refractivity contribution is 9.11. The Morgan fingerprint density at radius 3 is 2.69 bits per heavy atom. The first-order valence-corrected chi connectivity index (χ1v) is 5.62. The molecule has 0 bridgehead atoms. The Morgan fingerprint density at radius 2 is 2.15 bits per heavy atom. The standard InChI is InChI=1S/C10H18BrNO/c1-8(11)7-12(2)9-5-3-4-6-10(9)13/h9-10,13H,1,3-7H2,2H3. The van der Waals surface area contributed by atoms with Crippen LogP contribution < -0.4 is 0 Å². The van der Waals surface area contributed by atoms with Crippen molar-refractivity contribution < 1.29 is 5.11 Å². The van der Waals surface area contributed by atoms with Crippen molar-refractivity contribution in [3.05, 3.63) is 11.1 Å². The van der Waals surface area contributed by atoms with Crippen LogP contribution in [0.25, 0.3) is 0 Å². The molecule has 3 heteroatoms. The lowest BCUT2D eigenvalue weighted by molar-refractivity contribution is 0.0371. The van der Waals surface area contributed by atoms with Crippen molar-refractivity contribution in [2.75, 3.05) is 13.6 Å². The molecule has 2 unspecified atom stereocenters. The first-order valence-electron chi connectivity index (χ1n) is 4.83.